The molecule has 0 fully saturated rings. The Hall–Kier alpha value is -0.0300. The number of thioether (sulfide) groups is 1. The van der Waals surface area contributed by atoms with Crippen molar-refractivity contribution in [1.29, 1.82) is 0 Å². The molecule has 0 amide bonds. The van der Waals surface area contributed by atoms with E-state index >= 15 is 0 Å². The van der Waals surface area contributed by atoms with Gasteiger partial charge >= 0.3 is 0 Å². The molecular weight excluding hydrogens is 228 g/mol. The fourth-order valence-electron chi connectivity index (χ4n) is 1.34. The van der Waals surface area contributed by atoms with Gasteiger partial charge in [0.25, 0.3) is 0 Å². The topological polar surface area (TPSA) is 41.5 Å². The second kappa shape index (κ2) is 6.53. The highest BCUT2D eigenvalue weighted by Crippen LogP contribution is 2.23. The van der Waals surface area contributed by atoms with Crippen LogP contribution in [-0.4, -0.2) is 39.2 Å². The summed E-state index contributed by atoms with van der Waals surface area (Å²) in [5, 5.41) is 5.15. The van der Waals surface area contributed by atoms with Gasteiger partial charge in [0.15, 0.2) is 5.17 Å². The van der Waals surface area contributed by atoms with Crippen LogP contribution < -0.4 is 5.32 Å². The number of aliphatic imine (C=N–C) groups is 1. The Labute approximate surface area is 99.0 Å². The van der Waals surface area contributed by atoms with Crippen molar-refractivity contribution in [3.63, 3.8) is 0 Å². The first-order chi connectivity index (χ1) is 7.13. The predicted molar refractivity (Wildman–Crippen MR) is 70.1 cm³/mol. The average Bonchev–Trinajstić information content (AvgIpc) is 2.62. The van der Waals surface area contributed by atoms with E-state index < -0.39 is 10.8 Å². The molecule has 1 heterocycles. The van der Waals surface area contributed by atoms with Crippen molar-refractivity contribution in [2.45, 2.75) is 37.2 Å². The summed E-state index contributed by atoms with van der Waals surface area (Å²) in [5.74, 6) is 0. The lowest BCUT2D eigenvalue weighted by molar-refractivity contribution is 0.674. The van der Waals surface area contributed by atoms with E-state index in [1.807, 2.05) is 18.7 Å². The Kier molecular flexibility index (Phi) is 5.68. The van der Waals surface area contributed by atoms with Crippen LogP contribution in [0.5, 0.6) is 0 Å². The van der Waals surface area contributed by atoms with Gasteiger partial charge in [0.1, 0.15) is 0 Å². The van der Waals surface area contributed by atoms with Gasteiger partial charge < -0.3 is 5.32 Å². The number of hydrogen-bond acceptors (Lipinski definition) is 4. The van der Waals surface area contributed by atoms with Crippen LogP contribution >= 0.6 is 11.8 Å². The quantitative estimate of drug-likeness (QED) is 0.804. The third-order valence-electron chi connectivity index (χ3n) is 2.43. The normalized spacial score (nSPS) is 24.7. The van der Waals surface area contributed by atoms with Crippen LogP contribution in [0.3, 0.4) is 0 Å². The molecule has 0 aliphatic carbocycles. The van der Waals surface area contributed by atoms with Crippen molar-refractivity contribution in [1.82, 2.24) is 5.32 Å². The monoisotopic (exact) mass is 248 g/mol. The molecular formula is C10H20N2OS2. The highest BCUT2D eigenvalue weighted by Gasteiger charge is 2.19. The highest BCUT2D eigenvalue weighted by atomic mass is 32.2. The van der Waals surface area contributed by atoms with Crippen molar-refractivity contribution in [2.24, 2.45) is 4.99 Å². The van der Waals surface area contributed by atoms with Crippen LogP contribution in [0.2, 0.25) is 0 Å². The third kappa shape index (κ3) is 4.55. The van der Waals surface area contributed by atoms with Crippen LogP contribution in [-0.2, 0) is 10.8 Å². The number of amidine groups is 1. The summed E-state index contributed by atoms with van der Waals surface area (Å²) < 4.78 is 11.1. The van der Waals surface area contributed by atoms with Crippen LogP contribution in [0.15, 0.2) is 4.99 Å². The van der Waals surface area contributed by atoms with Crippen LogP contribution in [0.25, 0.3) is 0 Å². The van der Waals surface area contributed by atoms with Gasteiger partial charge in [0, 0.05) is 34.1 Å². The van der Waals surface area contributed by atoms with E-state index in [4.69, 9.17) is 0 Å². The molecule has 3 unspecified atom stereocenters. The Morgan fingerprint density at radius 3 is 3.07 bits per heavy atom. The lowest BCUT2D eigenvalue weighted by atomic mass is 10.2. The van der Waals surface area contributed by atoms with Gasteiger partial charge in [0.05, 0.1) is 6.54 Å². The van der Waals surface area contributed by atoms with Gasteiger partial charge in [-0.05, 0) is 13.3 Å². The number of rotatable bonds is 5. The molecule has 0 aromatic rings. The van der Waals surface area contributed by atoms with Gasteiger partial charge in [-0.2, -0.15) is 0 Å². The summed E-state index contributed by atoms with van der Waals surface area (Å²) in [6.45, 7) is 5.89. The largest absolute Gasteiger partial charge is 0.364 e. The zero-order valence-corrected chi connectivity index (χ0v) is 11.3. The molecule has 3 atom stereocenters. The van der Waals surface area contributed by atoms with E-state index in [1.54, 1.807) is 6.26 Å². The minimum atomic E-state index is -0.749. The second-order valence-corrected chi connectivity index (χ2v) is 6.96. The molecule has 1 N–H and O–H groups in total. The summed E-state index contributed by atoms with van der Waals surface area (Å²) in [7, 11) is -0.749. The smallest absolute Gasteiger partial charge is 0.156 e. The SMILES string of the molecule is CCCC1CN=C(NCC(C)S(C)=O)S1. The fourth-order valence-corrected chi connectivity index (χ4v) is 2.79. The van der Waals surface area contributed by atoms with E-state index in [0.717, 1.165) is 18.3 Å². The maximum Gasteiger partial charge on any atom is 0.156 e. The molecule has 3 nitrogen and oxygen atoms in total. The first kappa shape index (κ1) is 13.0. The van der Waals surface area contributed by atoms with Crippen LogP contribution in [0.4, 0.5) is 0 Å². The zero-order valence-electron chi connectivity index (χ0n) is 9.66. The molecule has 88 valence electrons. The van der Waals surface area contributed by atoms with Gasteiger partial charge in [-0.1, -0.05) is 25.1 Å². The first-order valence-corrected chi connectivity index (χ1v) is 7.90. The van der Waals surface area contributed by atoms with Gasteiger partial charge in [-0.15, -0.1) is 0 Å². The van der Waals surface area contributed by atoms with Crippen molar-refractivity contribution < 1.29 is 4.21 Å². The summed E-state index contributed by atoms with van der Waals surface area (Å²) >= 11 is 1.83. The van der Waals surface area contributed by atoms with E-state index in [9.17, 15) is 4.21 Å². The van der Waals surface area contributed by atoms with Crippen LogP contribution in [0.1, 0.15) is 26.7 Å². The molecule has 0 aromatic carbocycles. The number of nitrogens with one attached hydrogen (secondary N) is 1. The van der Waals surface area contributed by atoms with Gasteiger partial charge in [-0.25, -0.2) is 0 Å². The molecule has 15 heavy (non-hydrogen) atoms. The number of nitrogens with zero attached hydrogens (tertiary/aromatic N) is 1. The van der Waals surface area contributed by atoms with Crippen molar-refractivity contribution >= 4 is 27.7 Å². The minimum Gasteiger partial charge on any atom is -0.364 e. The Morgan fingerprint density at radius 2 is 2.47 bits per heavy atom. The molecule has 0 saturated carbocycles. The fraction of sp³-hybridized carbons (Fsp3) is 0.900. The standard InChI is InChI=1S/C10H20N2OS2/c1-4-5-9-7-12-10(14-9)11-6-8(2)15(3)13/h8-9H,4-7H2,1-3H3,(H,11,12). The van der Waals surface area contributed by atoms with E-state index in [-0.39, 0.29) is 5.25 Å². The van der Waals surface area contributed by atoms with E-state index in [2.05, 4.69) is 17.2 Å². The molecule has 1 aliphatic heterocycles. The second-order valence-electron chi connectivity index (χ2n) is 3.86. The minimum absolute atomic E-state index is 0.193. The molecule has 1 rings (SSSR count). The molecule has 0 bridgehead atoms. The van der Waals surface area contributed by atoms with Crippen molar-refractivity contribution in [3.8, 4) is 0 Å². The summed E-state index contributed by atoms with van der Waals surface area (Å²) in [4.78, 5) is 4.44. The molecule has 0 spiro atoms. The summed E-state index contributed by atoms with van der Waals surface area (Å²) in [6.07, 6.45) is 4.19. The molecule has 0 saturated heterocycles. The Balaban J connectivity index is 2.21. The lowest BCUT2D eigenvalue weighted by Gasteiger charge is -2.11. The Morgan fingerprint density at radius 1 is 1.73 bits per heavy atom. The molecule has 0 radical (unpaired) electrons. The zero-order chi connectivity index (χ0) is 11.3. The van der Waals surface area contributed by atoms with E-state index in [1.165, 1.54) is 12.8 Å². The maximum absolute atomic E-state index is 11.1. The lowest BCUT2D eigenvalue weighted by Crippen LogP contribution is -2.30. The molecule has 1 aliphatic rings. The van der Waals surface area contributed by atoms with Gasteiger partial charge in [0.2, 0.25) is 0 Å². The van der Waals surface area contributed by atoms with Crippen molar-refractivity contribution in [3.05, 3.63) is 0 Å². The predicted octanol–water partition coefficient (Wildman–Crippen LogP) is 1.61. The molecule has 5 heteroatoms. The average molecular weight is 248 g/mol. The Bertz CT molecular complexity index is 256. The highest BCUT2D eigenvalue weighted by molar-refractivity contribution is 8.14. The first-order valence-electron chi connectivity index (χ1n) is 5.40. The number of hydrogen-bond donors (Lipinski definition) is 1. The van der Waals surface area contributed by atoms with E-state index in [0.29, 0.717) is 5.25 Å². The third-order valence-corrected chi connectivity index (χ3v) is 4.95. The summed E-state index contributed by atoms with van der Waals surface area (Å²) in [5.41, 5.74) is 0. The maximum atomic E-state index is 11.1. The van der Waals surface area contributed by atoms with Crippen molar-refractivity contribution in [2.75, 3.05) is 19.3 Å². The van der Waals surface area contributed by atoms with Crippen LogP contribution in [0, 0.1) is 0 Å². The molecule has 0 aromatic heterocycles. The van der Waals surface area contributed by atoms with Gasteiger partial charge in [-0.3, -0.25) is 9.20 Å². The summed E-state index contributed by atoms with van der Waals surface area (Å²) in [6, 6.07) is 0.